The lowest BCUT2D eigenvalue weighted by Crippen LogP contribution is -2.36. The van der Waals surface area contributed by atoms with Crippen molar-refractivity contribution < 1.29 is 4.79 Å². The van der Waals surface area contributed by atoms with Crippen LogP contribution in [0.15, 0.2) is 29.1 Å². The Balaban J connectivity index is 1.61. The van der Waals surface area contributed by atoms with Gasteiger partial charge >= 0.3 is 0 Å². The van der Waals surface area contributed by atoms with Crippen molar-refractivity contribution in [2.45, 2.75) is 83.1 Å². The molecule has 5 heteroatoms. The molecule has 1 heterocycles. The Hall–Kier alpha value is -2.17. The average molecular weight is 370 g/mol. The van der Waals surface area contributed by atoms with Crippen molar-refractivity contribution in [1.29, 1.82) is 0 Å². The predicted molar refractivity (Wildman–Crippen MR) is 109 cm³/mol. The lowest BCUT2D eigenvalue weighted by atomic mass is 9.97. The second kappa shape index (κ2) is 10.2. The monoisotopic (exact) mass is 369 g/mol. The molecule has 1 aromatic heterocycles. The number of aromatic amines is 1. The van der Waals surface area contributed by atoms with Gasteiger partial charge in [0.2, 0.25) is 5.91 Å². The quantitative estimate of drug-likeness (QED) is 0.849. The normalized spacial score (nSPS) is 17.8. The molecule has 1 saturated carbocycles. The SMILES string of the molecule is O=C(Cc1n[nH]c(=O)c2ccccc12)NC1CCCCCCCCCCC1. The topological polar surface area (TPSA) is 74.8 Å². The third-order valence-electron chi connectivity index (χ3n) is 5.57. The van der Waals surface area contributed by atoms with Gasteiger partial charge in [-0.1, -0.05) is 76.0 Å². The second-order valence-electron chi connectivity index (χ2n) is 7.75. The highest BCUT2D eigenvalue weighted by Crippen LogP contribution is 2.18. The Labute approximate surface area is 160 Å². The fourth-order valence-electron chi connectivity index (χ4n) is 4.04. The molecule has 0 radical (unpaired) electrons. The zero-order chi connectivity index (χ0) is 18.9. The van der Waals surface area contributed by atoms with Gasteiger partial charge in [0.1, 0.15) is 0 Å². The fraction of sp³-hybridized carbons (Fsp3) is 0.591. The van der Waals surface area contributed by atoms with Gasteiger partial charge in [-0.15, -0.1) is 0 Å². The Bertz CT molecular complexity index is 787. The van der Waals surface area contributed by atoms with E-state index in [4.69, 9.17) is 0 Å². The number of H-pyrrole nitrogens is 1. The second-order valence-corrected chi connectivity index (χ2v) is 7.75. The summed E-state index contributed by atoms with van der Waals surface area (Å²) >= 11 is 0. The molecule has 146 valence electrons. The van der Waals surface area contributed by atoms with Gasteiger partial charge in [-0.2, -0.15) is 5.10 Å². The molecule has 2 aromatic rings. The van der Waals surface area contributed by atoms with Crippen LogP contribution in [-0.2, 0) is 11.2 Å². The highest BCUT2D eigenvalue weighted by molar-refractivity contribution is 5.88. The van der Waals surface area contributed by atoms with E-state index in [1.165, 1.54) is 57.8 Å². The molecule has 2 N–H and O–H groups in total. The van der Waals surface area contributed by atoms with Gasteiger partial charge in [0.05, 0.1) is 17.5 Å². The molecule has 0 spiro atoms. The molecule has 0 bridgehead atoms. The highest BCUT2D eigenvalue weighted by Gasteiger charge is 2.15. The summed E-state index contributed by atoms with van der Waals surface area (Å²) in [6.07, 6.45) is 13.9. The van der Waals surface area contributed by atoms with E-state index in [1.54, 1.807) is 6.07 Å². The van der Waals surface area contributed by atoms with E-state index >= 15 is 0 Å². The predicted octanol–water partition coefficient (Wildman–Crippen LogP) is 4.26. The number of amides is 1. The van der Waals surface area contributed by atoms with Gasteiger partial charge in [-0.05, 0) is 18.9 Å². The van der Waals surface area contributed by atoms with Crippen molar-refractivity contribution in [3.05, 3.63) is 40.3 Å². The number of benzene rings is 1. The maximum absolute atomic E-state index is 12.6. The van der Waals surface area contributed by atoms with Gasteiger partial charge in [-0.25, -0.2) is 5.10 Å². The van der Waals surface area contributed by atoms with Crippen LogP contribution in [0.4, 0.5) is 0 Å². The third-order valence-corrected chi connectivity index (χ3v) is 5.57. The fourth-order valence-corrected chi connectivity index (χ4v) is 4.04. The third kappa shape index (κ3) is 5.91. The van der Waals surface area contributed by atoms with Crippen molar-refractivity contribution in [1.82, 2.24) is 15.5 Å². The molecule has 1 fully saturated rings. The van der Waals surface area contributed by atoms with Crippen LogP contribution in [0.1, 0.15) is 76.3 Å². The van der Waals surface area contributed by atoms with Crippen LogP contribution in [-0.4, -0.2) is 22.1 Å². The van der Waals surface area contributed by atoms with Crippen molar-refractivity contribution in [2.75, 3.05) is 0 Å². The van der Waals surface area contributed by atoms with E-state index in [-0.39, 0.29) is 23.9 Å². The summed E-state index contributed by atoms with van der Waals surface area (Å²) in [5.74, 6) is -0.00297. The van der Waals surface area contributed by atoms with Crippen LogP contribution in [0.25, 0.3) is 10.8 Å². The zero-order valence-electron chi connectivity index (χ0n) is 16.1. The van der Waals surface area contributed by atoms with E-state index in [9.17, 15) is 9.59 Å². The van der Waals surface area contributed by atoms with E-state index in [0.717, 1.165) is 18.2 Å². The van der Waals surface area contributed by atoms with E-state index in [1.807, 2.05) is 18.2 Å². The summed E-state index contributed by atoms with van der Waals surface area (Å²) < 4.78 is 0. The number of fused-ring (bicyclic) bond motifs is 1. The van der Waals surface area contributed by atoms with Crippen LogP contribution in [0.3, 0.4) is 0 Å². The average Bonchev–Trinajstić information content (AvgIpc) is 2.66. The summed E-state index contributed by atoms with van der Waals surface area (Å²) in [7, 11) is 0. The Morgan fingerprint density at radius 3 is 2.11 bits per heavy atom. The Morgan fingerprint density at radius 1 is 0.926 bits per heavy atom. The minimum Gasteiger partial charge on any atom is -0.353 e. The van der Waals surface area contributed by atoms with E-state index in [2.05, 4.69) is 15.5 Å². The van der Waals surface area contributed by atoms with Crippen LogP contribution in [0, 0.1) is 0 Å². The zero-order valence-corrected chi connectivity index (χ0v) is 16.1. The number of hydrogen-bond donors (Lipinski definition) is 2. The Morgan fingerprint density at radius 2 is 1.48 bits per heavy atom. The van der Waals surface area contributed by atoms with Gasteiger partial charge in [0.25, 0.3) is 5.56 Å². The smallest absolute Gasteiger partial charge is 0.272 e. The first-order valence-corrected chi connectivity index (χ1v) is 10.5. The molecular formula is C22H31N3O2. The first kappa shape index (κ1) is 19.6. The van der Waals surface area contributed by atoms with Crippen LogP contribution < -0.4 is 10.9 Å². The van der Waals surface area contributed by atoms with Gasteiger partial charge in [0.15, 0.2) is 0 Å². The molecule has 1 aliphatic carbocycles. The first-order chi connectivity index (χ1) is 13.2. The van der Waals surface area contributed by atoms with Crippen molar-refractivity contribution in [3.8, 4) is 0 Å². The molecule has 0 unspecified atom stereocenters. The maximum Gasteiger partial charge on any atom is 0.272 e. The standard InChI is InChI=1S/C22H31N3O2/c26-21(16-20-18-14-10-11-15-19(18)22(27)25-24-20)23-17-12-8-6-4-2-1-3-5-7-9-13-17/h10-11,14-15,17H,1-9,12-13,16H2,(H,23,26)(H,25,27). The molecule has 0 saturated heterocycles. The summed E-state index contributed by atoms with van der Waals surface area (Å²) in [6.45, 7) is 0. The minimum atomic E-state index is -0.214. The molecule has 1 amide bonds. The van der Waals surface area contributed by atoms with Gasteiger partial charge in [0, 0.05) is 11.4 Å². The first-order valence-electron chi connectivity index (χ1n) is 10.5. The number of hydrogen-bond acceptors (Lipinski definition) is 3. The number of nitrogens with one attached hydrogen (secondary N) is 2. The van der Waals surface area contributed by atoms with Gasteiger partial charge < -0.3 is 5.32 Å². The van der Waals surface area contributed by atoms with Crippen molar-refractivity contribution in [2.24, 2.45) is 0 Å². The van der Waals surface area contributed by atoms with E-state index < -0.39 is 0 Å². The number of carbonyl (C=O) groups is 1. The summed E-state index contributed by atoms with van der Waals surface area (Å²) in [5, 5.41) is 11.2. The van der Waals surface area contributed by atoms with Crippen LogP contribution >= 0.6 is 0 Å². The maximum atomic E-state index is 12.6. The largest absolute Gasteiger partial charge is 0.353 e. The van der Waals surface area contributed by atoms with Crippen LogP contribution in [0.5, 0.6) is 0 Å². The minimum absolute atomic E-state index is 0.00297. The molecule has 1 aliphatic rings. The lowest BCUT2D eigenvalue weighted by Gasteiger charge is -2.19. The number of aromatic nitrogens is 2. The molecular weight excluding hydrogens is 338 g/mol. The molecule has 1 aromatic carbocycles. The molecule has 0 atom stereocenters. The molecule has 5 nitrogen and oxygen atoms in total. The van der Waals surface area contributed by atoms with Crippen LogP contribution in [0.2, 0.25) is 0 Å². The summed E-state index contributed by atoms with van der Waals surface area (Å²) in [6, 6.07) is 7.58. The highest BCUT2D eigenvalue weighted by atomic mass is 16.1. The van der Waals surface area contributed by atoms with E-state index in [0.29, 0.717) is 11.1 Å². The van der Waals surface area contributed by atoms with Crippen molar-refractivity contribution in [3.63, 3.8) is 0 Å². The van der Waals surface area contributed by atoms with Gasteiger partial charge in [-0.3, -0.25) is 9.59 Å². The molecule has 0 aliphatic heterocycles. The number of rotatable bonds is 3. The molecule has 27 heavy (non-hydrogen) atoms. The number of carbonyl (C=O) groups excluding carboxylic acids is 1. The summed E-state index contributed by atoms with van der Waals surface area (Å²) in [5.41, 5.74) is 0.421. The summed E-state index contributed by atoms with van der Waals surface area (Å²) in [4.78, 5) is 24.5. The van der Waals surface area contributed by atoms with Crippen molar-refractivity contribution >= 4 is 16.7 Å². The Kier molecular flexibility index (Phi) is 7.43. The lowest BCUT2D eigenvalue weighted by molar-refractivity contribution is -0.121. The molecule has 3 rings (SSSR count). The number of nitrogens with zero attached hydrogens (tertiary/aromatic N) is 1.